The number of nitrogens with one attached hydrogen (secondary N) is 1. The number of hydrogen-bond donors (Lipinski definition) is 3. The molecule has 1 heterocycles. The van der Waals surface area contributed by atoms with Crippen LogP contribution in [0.4, 0.5) is 18.9 Å². The molecule has 7 nitrogen and oxygen atoms in total. The molecule has 0 aliphatic rings. The van der Waals surface area contributed by atoms with Crippen LogP contribution < -0.4 is 5.32 Å². The van der Waals surface area contributed by atoms with Gasteiger partial charge in [0.2, 0.25) is 5.91 Å². The zero-order valence-corrected chi connectivity index (χ0v) is 15.1. The van der Waals surface area contributed by atoms with Crippen molar-refractivity contribution in [2.45, 2.75) is 23.7 Å². The quantitative estimate of drug-likeness (QED) is 0.452. The predicted molar refractivity (Wildman–Crippen MR) is 95.8 cm³/mol. The predicted octanol–water partition coefficient (Wildman–Crippen LogP) is 2.63. The lowest BCUT2D eigenvalue weighted by atomic mass is 10.3. The summed E-state index contributed by atoms with van der Waals surface area (Å²) in [7, 11) is 0. The molecule has 0 radical (unpaired) electrons. The molecule has 150 valence electrons. The van der Waals surface area contributed by atoms with Crippen LogP contribution in [0.3, 0.4) is 0 Å². The second-order valence-electron chi connectivity index (χ2n) is 5.54. The van der Waals surface area contributed by atoms with E-state index in [1.54, 1.807) is 24.3 Å². The number of aliphatic hydroxyl groups is 1. The summed E-state index contributed by atoms with van der Waals surface area (Å²) in [5, 5.41) is 24.5. The number of rotatable bonds is 8. The van der Waals surface area contributed by atoms with Crippen LogP contribution in [-0.2, 0) is 22.3 Å². The largest absolute Gasteiger partial charge is 0.478 e. The highest BCUT2D eigenvalue weighted by Crippen LogP contribution is 2.29. The van der Waals surface area contributed by atoms with Gasteiger partial charge in [-0.25, -0.2) is 4.79 Å². The van der Waals surface area contributed by atoms with Crippen LogP contribution in [0.5, 0.6) is 0 Å². The highest BCUT2D eigenvalue weighted by Gasteiger charge is 2.33. The molecule has 0 spiro atoms. The van der Waals surface area contributed by atoms with Crippen LogP contribution in [0.15, 0.2) is 53.6 Å². The minimum Gasteiger partial charge on any atom is -0.478 e. The molecular weight excluding hydrogens is 399 g/mol. The molecule has 1 aromatic heterocycles. The van der Waals surface area contributed by atoms with E-state index in [1.807, 2.05) is 0 Å². The van der Waals surface area contributed by atoms with Crippen LogP contribution >= 0.6 is 11.8 Å². The van der Waals surface area contributed by atoms with E-state index in [4.69, 9.17) is 5.11 Å². The number of hydrogen-bond acceptors (Lipinski definition) is 5. The molecule has 0 aliphatic heterocycles. The van der Waals surface area contributed by atoms with Crippen LogP contribution in [0.25, 0.3) is 0 Å². The second-order valence-corrected chi connectivity index (χ2v) is 6.60. The summed E-state index contributed by atoms with van der Waals surface area (Å²) in [4.78, 5) is 22.8. The van der Waals surface area contributed by atoms with Gasteiger partial charge in [0, 0.05) is 29.0 Å². The fourth-order valence-corrected chi connectivity index (χ4v) is 3.01. The smallest absolute Gasteiger partial charge is 0.435 e. The van der Waals surface area contributed by atoms with Crippen molar-refractivity contribution in [1.82, 2.24) is 9.78 Å². The van der Waals surface area contributed by atoms with E-state index in [2.05, 4.69) is 10.4 Å². The van der Waals surface area contributed by atoms with Crippen molar-refractivity contribution in [2.24, 2.45) is 0 Å². The van der Waals surface area contributed by atoms with Crippen molar-refractivity contribution in [1.29, 1.82) is 0 Å². The molecule has 0 unspecified atom stereocenters. The standard InChI is InChI=1S/C17H16F3N3O4S/c18-17(19,20)14-7-8-23(22-14)9-11(24)10-28-13-4-2-1-3-12(13)21-15(25)5-6-16(26)27/h1-8,11,24H,9-10H2,(H,21,25)(H,26,27)/b6-5-/t11-/m0/s1. The Morgan fingerprint density at radius 3 is 2.61 bits per heavy atom. The fourth-order valence-electron chi connectivity index (χ4n) is 2.09. The molecule has 11 heteroatoms. The van der Waals surface area contributed by atoms with Crippen LogP contribution in [0.1, 0.15) is 5.69 Å². The Morgan fingerprint density at radius 2 is 1.96 bits per heavy atom. The summed E-state index contributed by atoms with van der Waals surface area (Å²) in [5.41, 5.74) is -0.618. The van der Waals surface area contributed by atoms with Crippen LogP contribution in [0, 0.1) is 0 Å². The van der Waals surface area contributed by atoms with Gasteiger partial charge in [0.25, 0.3) is 0 Å². The zero-order valence-electron chi connectivity index (χ0n) is 14.3. The maximum Gasteiger partial charge on any atom is 0.435 e. The van der Waals surface area contributed by atoms with Gasteiger partial charge in [-0.05, 0) is 18.2 Å². The Bertz CT molecular complexity index is 867. The van der Waals surface area contributed by atoms with E-state index in [0.29, 0.717) is 16.7 Å². The number of aliphatic carboxylic acids is 1. The van der Waals surface area contributed by atoms with Gasteiger partial charge >= 0.3 is 12.1 Å². The molecule has 0 saturated heterocycles. The minimum atomic E-state index is -4.54. The highest BCUT2D eigenvalue weighted by atomic mass is 32.2. The number of benzene rings is 1. The lowest BCUT2D eigenvalue weighted by Crippen LogP contribution is -2.20. The SMILES string of the molecule is O=C(O)/C=C\C(=O)Nc1ccccc1SC[C@@H](O)Cn1ccc(C(F)(F)F)n1. The Hall–Kier alpha value is -2.79. The number of anilines is 1. The zero-order chi connectivity index (χ0) is 20.7. The Labute approximate surface area is 161 Å². The number of aliphatic hydroxyl groups excluding tert-OH is 1. The number of nitrogens with zero attached hydrogens (tertiary/aromatic N) is 2. The normalized spacial score (nSPS) is 12.9. The number of halogens is 3. The average molecular weight is 415 g/mol. The molecular formula is C17H16F3N3O4S. The summed E-state index contributed by atoms with van der Waals surface area (Å²) in [5.74, 6) is -1.75. The summed E-state index contributed by atoms with van der Waals surface area (Å²) in [6.07, 6.45) is -2.82. The summed E-state index contributed by atoms with van der Waals surface area (Å²) >= 11 is 1.18. The summed E-state index contributed by atoms with van der Waals surface area (Å²) in [6, 6.07) is 7.49. The number of thioether (sulfide) groups is 1. The summed E-state index contributed by atoms with van der Waals surface area (Å²) < 4.78 is 38.6. The molecule has 0 bridgehead atoms. The number of carboxylic acids is 1. The number of aromatic nitrogens is 2. The van der Waals surface area contributed by atoms with Gasteiger partial charge in [-0.2, -0.15) is 18.3 Å². The lowest BCUT2D eigenvalue weighted by Gasteiger charge is -2.13. The van der Waals surface area contributed by atoms with Crippen molar-refractivity contribution in [3.8, 4) is 0 Å². The average Bonchev–Trinajstić information content (AvgIpc) is 3.08. The van der Waals surface area contributed by atoms with Gasteiger partial charge in [0.15, 0.2) is 5.69 Å². The number of carbonyl (C=O) groups is 2. The third-order valence-electron chi connectivity index (χ3n) is 3.28. The first-order valence-electron chi connectivity index (χ1n) is 7.87. The number of carbonyl (C=O) groups excluding carboxylic acids is 1. The molecule has 1 amide bonds. The Balaban J connectivity index is 1.94. The molecule has 1 aromatic carbocycles. The van der Waals surface area contributed by atoms with Gasteiger partial charge < -0.3 is 15.5 Å². The van der Waals surface area contributed by atoms with Crippen LogP contribution in [-0.4, -0.2) is 43.7 Å². The number of carboxylic acid groups (broad SMARTS) is 1. The van der Waals surface area contributed by atoms with E-state index in [0.717, 1.165) is 23.0 Å². The molecule has 28 heavy (non-hydrogen) atoms. The third-order valence-corrected chi connectivity index (χ3v) is 4.50. The van der Waals surface area contributed by atoms with E-state index in [9.17, 15) is 27.9 Å². The van der Waals surface area contributed by atoms with E-state index in [-0.39, 0.29) is 12.3 Å². The van der Waals surface area contributed by atoms with Gasteiger partial charge in [0.05, 0.1) is 18.3 Å². The van der Waals surface area contributed by atoms with E-state index >= 15 is 0 Å². The lowest BCUT2D eigenvalue weighted by molar-refractivity contribution is -0.141. The molecule has 0 fully saturated rings. The van der Waals surface area contributed by atoms with Crippen LogP contribution in [0.2, 0.25) is 0 Å². The van der Waals surface area contributed by atoms with Crippen molar-refractivity contribution in [3.63, 3.8) is 0 Å². The fraction of sp³-hybridized carbons (Fsp3) is 0.235. The topological polar surface area (TPSA) is 104 Å². The van der Waals surface area contributed by atoms with Gasteiger partial charge in [-0.3, -0.25) is 9.48 Å². The van der Waals surface area contributed by atoms with Crippen molar-refractivity contribution < 1.29 is 33.0 Å². The number of para-hydroxylation sites is 1. The summed E-state index contributed by atoms with van der Waals surface area (Å²) in [6.45, 7) is -0.126. The van der Waals surface area contributed by atoms with Gasteiger partial charge in [0.1, 0.15) is 0 Å². The van der Waals surface area contributed by atoms with E-state index < -0.39 is 29.9 Å². The van der Waals surface area contributed by atoms with Crippen molar-refractivity contribution >= 4 is 29.3 Å². The van der Waals surface area contributed by atoms with Gasteiger partial charge in [-0.15, -0.1) is 11.8 Å². The maximum atomic E-state index is 12.5. The molecule has 1 atom stereocenters. The molecule has 2 aromatic rings. The number of amides is 1. The van der Waals surface area contributed by atoms with Crippen molar-refractivity contribution in [3.05, 3.63) is 54.4 Å². The third kappa shape index (κ3) is 6.74. The first-order valence-corrected chi connectivity index (χ1v) is 8.86. The monoisotopic (exact) mass is 415 g/mol. The second kappa shape index (κ2) is 9.42. The van der Waals surface area contributed by atoms with E-state index in [1.165, 1.54) is 11.8 Å². The van der Waals surface area contributed by atoms with Gasteiger partial charge in [-0.1, -0.05) is 12.1 Å². The molecule has 0 saturated carbocycles. The highest BCUT2D eigenvalue weighted by molar-refractivity contribution is 7.99. The number of alkyl halides is 3. The first-order chi connectivity index (χ1) is 13.1. The maximum absolute atomic E-state index is 12.5. The minimum absolute atomic E-state index is 0.126. The molecule has 2 rings (SSSR count). The van der Waals surface area contributed by atoms with Crippen molar-refractivity contribution in [2.75, 3.05) is 11.1 Å². The Morgan fingerprint density at radius 1 is 1.25 bits per heavy atom. The Kier molecular flexibility index (Phi) is 7.24. The molecule has 3 N–H and O–H groups in total. The first kappa shape index (κ1) is 21.5. The molecule has 0 aliphatic carbocycles.